The third-order valence-corrected chi connectivity index (χ3v) is 9.44. The standard InChI is InChI=1S/C29H34N8O2/c1-34-10-8-19(9-11-34)31-28(39)24-25(38)21-12-30-29(36-15-17-13-35(20-6-7-20)14-18(17)16-36)33-26(21)37-23-5-3-2-4-22(23)32-27(24)37/h2-5,12,17-20,32H,6-11,13-16H2,1H3,(H,31,39). The van der Waals surface area contributed by atoms with Crippen molar-refractivity contribution in [2.75, 3.05) is 51.2 Å². The number of carbonyl (C=O) groups is 1. The molecule has 3 aromatic heterocycles. The van der Waals surface area contributed by atoms with Crippen molar-refractivity contribution in [2.24, 2.45) is 11.8 Å². The van der Waals surface area contributed by atoms with Crippen LogP contribution < -0.4 is 15.6 Å². The summed E-state index contributed by atoms with van der Waals surface area (Å²) in [6, 6.07) is 8.74. The number of anilines is 1. The first kappa shape index (κ1) is 23.4. The van der Waals surface area contributed by atoms with Crippen molar-refractivity contribution in [1.82, 2.24) is 34.5 Å². The molecule has 2 atom stereocenters. The largest absolute Gasteiger partial charge is 0.349 e. The topological polar surface area (TPSA) is 102 Å². The molecule has 0 radical (unpaired) electrons. The number of nitrogens with one attached hydrogen (secondary N) is 2. The van der Waals surface area contributed by atoms with E-state index < -0.39 is 0 Å². The van der Waals surface area contributed by atoms with Crippen LogP contribution in [0.15, 0.2) is 35.3 Å². The minimum Gasteiger partial charge on any atom is -0.349 e. The third kappa shape index (κ3) is 3.83. The van der Waals surface area contributed by atoms with E-state index in [9.17, 15) is 9.59 Å². The summed E-state index contributed by atoms with van der Waals surface area (Å²) in [6.45, 7) is 6.08. The van der Waals surface area contributed by atoms with E-state index in [1.807, 2.05) is 28.7 Å². The Bertz CT molecular complexity index is 1650. The van der Waals surface area contributed by atoms with E-state index in [-0.39, 0.29) is 22.9 Å². The fraction of sp³-hybridized carbons (Fsp3) is 0.517. The van der Waals surface area contributed by atoms with Gasteiger partial charge in [-0.05, 0) is 69.8 Å². The van der Waals surface area contributed by atoms with Gasteiger partial charge in [-0.15, -0.1) is 0 Å². The number of benzene rings is 1. The minimum atomic E-state index is -0.336. The van der Waals surface area contributed by atoms with Crippen molar-refractivity contribution in [2.45, 2.75) is 37.8 Å². The van der Waals surface area contributed by atoms with Gasteiger partial charge in [-0.1, -0.05) is 12.1 Å². The number of H-pyrrole nitrogens is 1. The molecule has 6 heterocycles. The molecule has 4 fully saturated rings. The lowest BCUT2D eigenvalue weighted by molar-refractivity contribution is 0.0917. The van der Waals surface area contributed by atoms with Gasteiger partial charge in [0.05, 0.1) is 16.4 Å². The highest BCUT2D eigenvalue weighted by atomic mass is 16.2. The van der Waals surface area contributed by atoms with Crippen LogP contribution in [-0.2, 0) is 0 Å². The lowest BCUT2D eigenvalue weighted by Gasteiger charge is -2.29. The Morgan fingerprint density at radius 3 is 2.51 bits per heavy atom. The van der Waals surface area contributed by atoms with Crippen molar-refractivity contribution in [3.63, 3.8) is 0 Å². The van der Waals surface area contributed by atoms with E-state index in [0.717, 1.165) is 56.1 Å². The molecular formula is C29H34N8O2. The van der Waals surface area contributed by atoms with Gasteiger partial charge in [0, 0.05) is 44.5 Å². The number of rotatable bonds is 4. The predicted molar refractivity (Wildman–Crippen MR) is 150 cm³/mol. The Morgan fingerprint density at radius 1 is 1.03 bits per heavy atom. The molecule has 1 saturated carbocycles. The fourth-order valence-electron chi connectivity index (χ4n) is 7.11. The number of aromatic amines is 1. The van der Waals surface area contributed by atoms with Gasteiger partial charge in [0.2, 0.25) is 11.4 Å². The zero-order chi connectivity index (χ0) is 26.2. The summed E-state index contributed by atoms with van der Waals surface area (Å²) in [7, 11) is 2.09. The molecule has 3 saturated heterocycles. The second kappa shape index (κ2) is 8.76. The number of hydrogen-bond donors (Lipinski definition) is 2. The Morgan fingerprint density at radius 2 is 1.77 bits per heavy atom. The molecule has 10 nitrogen and oxygen atoms in total. The Balaban J connectivity index is 1.20. The second-order valence-electron chi connectivity index (χ2n) is 12.1. The number of likely N-dealkylation sites (tertiary alicyclic amines) is 2. The maximum atomic E-state index is 13.9. The summed E-state index contributed by atoms with van der Waals surface area (Å²) in [6.07, 6.45) is 6.07. The van der Waals surface area contributed by atoms with Crippen LogP contribution in [-0.4, -0.2) is 93.5 Å². The normalized spacial score (nSPS) is 24.8. The van der Waals surface area contributed by atoms with Crippen LogP contribution >= 0.6 is 0 Å². The van der Waals surface area contributed by atoms with Crippen LogP contribution in [0.4, 0.5) is 5.95 Å². The van der Waals surface area contributed by atoms with Crippen molar-refractivity contribution < 1.29 is 4.79 Å². The van der Waals surface area contributed by atoms with Crippen LogP contribution in [0.3, 0.4) is 0 Å². The molecule has 4 aliphatic rings. The van der Waals surface area contributed by atoms with Gasteiger partial charge in [-0.25, -0.2) is 4.98 Å². The van der Waals surface area contributed by atoms with E-state index in [1.165, 1.54) is 25.9 Å². The summed E-state index contributed by atoms with van der Waals surface area (Å²) in [5.74, 6) is 1.62. The molecule has 10 heteroatoms. The number of nitrogens with zero attached hydrogens (tertiary/aromatic N) is 6. The maximum Gasteiger partial charge on any atom is 0.259 e. The van der Waals surface area contributed by atoms with Crippen molar-refractivity contribution in [1.29, 1.82) is 0 Å². The summed E-state index contributed by atoms with van der Waals surface area (Å²) in [5.41, 5.74) is 2.58. The van der Waals surface area contributed by atoms with E-state index in [2.05, 4.69) is 37.0 Å². The SMILES string of the molecule is CN1CCC(NC(=O)c2c(=O)c3cnc(N4CC5CN(C6CC6)CC5C4)nc3n3c2[nH]c2ccccc23)CC1. The molecule has 1 amide bonds. The molecule has 1 aromatic carbocycles. The molecule has 8 rings (SSSR count). The zero-order valence-electron chi connectivity index (χ0n) is 22.3. The van der Waals surface area contributed by atoms with Gasteiger partial charge in [0.1, 0.15) is 11.2 Å². The minimum absolute atomic E-state index is 0.0531. The van der Waals surface area contributed by atoms with Crippen molar-refractivity contribution in [3.05, 3.63) is 46.2 Å². The van der Waals surface area contributed by atoms with Crippen LogP contribution in [0.2, 0.25) is 0 Å². The van der Waals surface area contributed by atoms with Crippen LogP contribution in [0.5, 0.6) is 0 Å². The molecule has 39 heavy (non-hydrogen) atoms. The summed E-state index contributed by atoms with van der Waals surface area (Å²) in [4.78, 5) is 47.7. The van der Waals surface area contributed by atoms with Gasteiger partial charge in [-0.2, -0.15) is 4.98 Å². The molecule has 0 bridgehead atoms. The molecule has 202 valence electrons. The highest BCUT2D eigenvalue weighted by Crippen LogP contribution is 2.38. The second-order valence-corrected chi connectivity index (χ2v) is 12.1. The van der Waals surface area contributed by atoms with Crippen LogP contribution in [0.25, 0.3) is 27.7 Å². The first-order chi connectivity index (χ1) is 19.0. The number of aromatic nitrogens is 4. The first-order valence-electron chi connectivity index (χ1n) is 14.3. The molecule has 2 N–H and O–H groups in total. The monoisotopic (exact) mass is 526 g/mol. The summed E-state index contributed by atoms with van der Waals surface area (Å²) in [5, 5.41) is 3.51. The maximum absolute atomic E-state index is 13.9. The summed E-state index contributed by atoms with van der Waals surface area (Å²) >= 11 is 0. The van der Waals surface area contributed by atoms with Crippen molar-refractivity contribution >= 4 is 39.6 Å². The molecule has 0 spiro atoms. The molecule has 1 aliphatic carbocycles. The molecule has 4 aromatic rings. The lowest BCUT2D eigenvalue weighted by atomic mass is 10.0. The van der Waals surface area contributed by atoms with Gasteiger partial charge >= 0.3 is 0 Å². The Kier molecular flexibility index (Phi) is 5.25. The third-order valence-electron chi connectivity index (χ3n) is 9.44. The molecule has 2 unspecified atom stereocenters. The van der Waals surface area contributed by atoms with Gasteiger partial charge in [-0.3, -0.25) is 18.9 Å². The van der Waals surface area contributed by atoms with Crippen LogP contribution in [0.1, 0.15) is 36.0 Å². The Labute approximate surface area is 226 Å². The number of amides is 1. The number of pyridine rings is 1. The van der Waals surface area contributed by atoms with E-state index >= 15 is 0 Å². The predicted octanol–water partition coefficient (Wildman–Crippen LogP) is 2.08. The fourth-order valence-corrected chi connectivity index (χ4v) is 7.11. The summed E-state index contributed by atoms with van der Waals surface area (Å²) < 4.78 is 1.94. The average Bonchev–Trinajstić information content (AvgIpc) is 3.43. The number of carbonyl (C=O) groups excluding carboxylic acids is 1. The highest BCUT2D eigenvalue weighted by molar-refractivity contribution is 6.05. The lowest BCUT2D eigenvalue weighted by Crippen LogP contribution is -2.44. The number of fused-ring (bicyclic) bond motifs is 6. The highest BCUT2D eigenvalue weighted by Gasteiger charge is 2.45. The number of hydrogen-bond acceptors (Lipinski definition) is 7. The smallest absolute Gasteiger partial charge is 0.259 e. The average molecular weight is 527 g/mol. The van der Waals surface area contributed by atoms with Gasteiger partial charge < -0.3 is 20.1 Å². The van der Waals surface area contributed by atoms with Crippen molar-refractivity contribution in [3.8, 4) is 0 Å². The zero-order valence-corrected chi connectivity index (χ0v) is 22.3. The number of imidazole rings is 1. The number of piperidine rings is 1. The quantitative estimate of drug-likeness (QED) is 0.420. The van der Waals surface area contributed by atoms with Gasteiger partial charge in [0.25, 0.3) is 5.91 Å². The first-order valence-corrected chi connectivity index (χ1v) is 14.3. The van der Waals surface area contributed by atoms with E-state index in [4.69, 9.17) is 4.98 Å². The van der Waals surface area contributed by atoms with Crippen LogP contribution in [0, 0.1) is 11.8 Å². The Hall–Kier alpha value is -3.50. The molecular weight excluding hydrogens is 492 g/mol. The number of para-hydroxylation sites is 2. The van der Waals surface area contributed by atoms with Gasteiger partial charge in [0.15, 0.2) is 5.65 Å². The molecule has 3 aliphatic heterocycles. The van der Waals surface area contributed by atoms with E-state index in [1.54, 1.807) is 6.20 Å². The van der Waals surface area contributed by atoms with E-state index in [0.29, 0.717) is 34.5 Å².